The van der Waals surface area contributed by atoms with Gasteiger partial charge in [0.1, 0.15) is 0 Å². The second kappa shape index (κ2) is 6.03. The van der Waals surface area contributed by atoms with E-state index >= 15 is 0 Å². The molecule has 0 saturated carbocycles. The summed E-state index contributed by atoms with van der Waals surface area (Å²) in [4.78, 5) is 0. The topological polar surface area (TPSA) is 38.0 Å². The lowest BCUT2D eigenvalue weighted by Crippen LogP contribution is -2.31. The van der Waals surface area contributed by atoms with Crippen molar-refractivity contribution in [3.63, 3.8) is 0 Å². The van der Waals surface area contributed by atoms with Gasteiger partial charge in [-0.15, -0.1) is 24.8 Å². The van der Waals surface area contributed by atoms with Crippen LogP contribution in [0.3, 0.4) is 0 Å². The molecule has 0 radical (unpaired) electrons. The fourth-order valence-corrected chi connectivity index (χ4v) is 1.73. The number of nitrogens with two attached hydrogens (primary N) is 1. The minimum absolute atomic E-state index is 0. The van der Waals surface area contributed by atoms with Gasteiger partial charge < -0.3 is 11.1 Å². The SMILES string of the molecule is CC1(C)CC(CCN)CN1.Cl.Cl. The molecule has 0 aliphatic carbocycles. The van der Waals surface area contributed by atoms with Crippen LogP contribution in [0.4, 0.5) is 0 Å². The molecule has 0 aromatic rings. The summed E-state index contributed by atoms with van der Waals surface area (Å²) >= 11 is 0. The van der Waals surface area contributed by atoms with Crippen LogP contribution in [-0.4, -0.2) is 18.6 Å². The maximum absolute atomic E-state index is 5.47. The highest BCUT2D eigenvalue weighted by Gasteiger charge is 2.29. The predicted molar refractivity (Wildman–Crippen MR) is 58.4 cm³/mol. The Morgan fingerprint density at radius 3 is 2.33 bits per heavy atom. The molecule has 3 N–H and O–H groups in total. The van der Waals surface area contributed by atoms with Crippen molar-refractivity contribution in [3.8, 4) is 0 Å². The minimum atomic E-state index is 0. The summed E-state index contributed by atoms with van der Waals surface area (Å²) in [6.45, 7) is 6.50. The minimum Gasteiger partial charge on any atom is -0.330 e. The van der Waals surface area contributed by atoms with Gasteiger partial charge in [-0.25, -0.2) is 0 Å². The molecule has 76 valence electrons. The molecule has 2 nitrogen and oxygen atoms in total. The Morgan fingerprint density at radius 2 is 2.00 bits per heavy atom. The molecule has 1 aliphatic rings. The van der Waals surface area contributed by atoms with E-state index in [0.717, 1.165) is 19.0 Å². The van der Waals surface area contributed by atoms with Gasteiger partial charge in [0.25, 0.3) is 0 Å². The number of hydrogen-bond acceptors (Lipinski definition) is 2. The molecule has 0 spiro atoms. The van der Waals surface area contributed by atoms with Crippen LogP contribution in [-0.2, 0) is 0 Å². The summed E-state index contributed by atoms with van der Waals surface area (Å²) in [7, 11) is 0. The highest BCUT2D eigenvalue weighted by molar-refractivity contribution is 5.85. The summed E-state index contributed by atoms with van der Waals surface area (Å²) in [5, 5.41) is 3.48. The molecule has 0 bridgehead atoms. The van der Waals surface area contributed by atoms with Crippen LogP contribution >= 0.6 is 24.8 Å². The van der Waals surface area contributed by atoms with Crippen molar-refractivity contribution >= 4 is 24.8 Å². The van der Waals surface area contributed by atoms with Gasteiger partial charge in [0.05, 0.1) is 0 Å². The standard InChI is InChI=1S/C8H18N2.2ClH/c1-8(2)5-7(3-4-9)6-10-8;;/h7,10H,3-6,9H2,1-2H3;2*1H. The van der Waals surface area contributed by atoms with Gasteiger partial charge in [-0.3, -0.25) is 0 Å². The van der Waals surface area contributed by atoms with Crippen molar-refractivity contribution in [3.05, 3.63) is 0 Å². The molecule has 4 heteroatoms. The number of rotatable bonds is 2. The van der Waals surface area contributed by atoms with Gasteiger partial charge in [-0.2, -0.15) is 0 Å². The van der Waals surface area contributed by atoms with E-state index in [1.165, 1.54) is 12.8 Å². The fraction of sp³-hybridized carbons (Fsp3) is 1.00. The number of halogens is 2. The molecule has 1 aliphatic heterocycles. The van der Waals surface area contributed by atoms with Crippen LogP contribution in [0.25, 0.3) is 0 Å². The Morgan fingerprint density at radius 1 is 1.42 bits per heavy atom. The Balaban J connectivity index is 0. The van der Waals surface area contributed by atoms with Gasteiger partial charge in [0, 0.05) is 5.54 Å². The number of hydrogen-bond donors (Lipinski definition) is 2. The molecular weight excluding hydrogens is 195 g/mol. The normalized spacial score (nSPS) is 25.8. The van der Waals surface area contributed by atoms with E-state index in [1.54, 1.807) is 0 Å². The predicted octanol–water partition coefficient (Wildman–Crippen LogP) is 1.57. The lowest BCUT2D eigenvalue weighted by atomic mass is 9.95. The number of nitrogens with one attached hydrogen (secondary N) is 1. The molecule has 1 heterocycles. The summed E-state index contributed by atoms with van der Waals surface area (Å²) < 4.78 is 0. The molecule has 0 amide bonds. The van der Waals surface area contributed by atoms with E-state index in [2.05, 4.69) is 19.2 Å². The van der Waals surface area contributed by atoms with E-state index in [4.69, 9.17) is 5.73 Å². The fourth-order valence-electron chi connectivity index (χ4n) is 1.73. The van der Waals surface area contributed by atoms with E-state index < -0.39 is 0 Å². The van der Waals surface area contributed by atoms with Gasteiger partial charge in [0.2, 0.25) is 0 Å². The first kappa shape index (κ1) is 15.0. The molecule has 1 saturated heterocycles. The second-order valence-corrected chi connectivity index (χ2v) is 3.91. The monoisotopic (exact) mass is 214 g/mol. The molecule has 1 fully saturated rings. The largest absolute Gasteiger partial charge is 0.330 e. The van der Waals surface area contributed by atoms with Crippen molar-refractivity contribution in [1.82, 2.24) is 5.32 Å². The van der Waals surface area contributed by atoms with Gasteiger partial charge in [-0.1, -0.05) is 0 Å². The van der Waals surface area contributed by atoms with Crippen LogP contribution in [0.15, 0.2) is 0 Å². The highest BCUT2D eigenvalue weighted by Crippen LogP contribution is 2.24. The van der Waals surface area contributed by atoms with Crippen LogP contribution in [0.5, 0.6) is 0 Å². The van der Waals surface area contributed by atoms with Gasteiger partial charge in [0.15, 0.2) is 0 Å². The molecular formula is C8H20Cl2N2. The van der Waals surface area contributed by atoms with E-state index in [1.807, 2.05) is 0 Å². The van der Waals surface area contributed by atoms with Gasteiger partial charge in [-0.05, 0) is 45.7 Å². The lowest BCUT2D eigenvalue weighted by molar-refractivity contribution is 0.435. The first-order chi connectivity index (χ1) is 4.64. The summed E-state index contributed by atoms with van der Waals surface area (Å²) in [6, 6.07) is 0. The van der Waals surface area contributed by atoms with Crippen molar-refractivity contribution in [1.29, 1.82) is 0 Å². The smallest absolute Gasteiger partial charge is 0.0128 e. The maximum Gasteiger partial charge on any atom is 0.0128 e. The first-order valence-corrected chi connectivity index (χ1v) is 4.09. The molecule has 1 rings (SSSR count). The van der Waals surface area contributed by atoms with Crippen molar-refractivity contribution in [2.75, 3.05) is 13.1 Å². The van der Waals surface area contributed by atoms with Crippen molar-refractivity contribution in [2.45, 2.75) is 32.2 Å². The van der Waals surface area contributed by atoms with Crippen LogP contribution in [0.2, 0.25) is 0 Å². The Bertz CT molecular complexity index is 118. The van der Waals surface area contributed by atoms with E-state index in [0.29, 0.717) is 5.54 Å². The highest BCUT2D eigenvalue weighted by atomic mass is 35.5. The molecule has 12 heavy (non-hydrogen) atoms. The lowest BCUT2D eigenvalue weighted by Gasteiger charge is -2.16. The van der Waals surface area contributed by atoms with Crippen LogP contribution < -0.4 is 11.1 Å². The van der Waals surface area contributed by atoms with E-state index in [9.17, 15) is 0 Å². The average Bonchev–Trinajstić information content (AvgIpc) is 2.12. The molecule has 0 aromatic carbocycles. The van der Waals surface area contributed by atoms with Crippen molar-refractivity contribution in [2.24, 2.45) is 11.7 Å². The van der Waals surface area contributed by atoms with Crippen LogP contribution in [0.1, 0.15) is 26.7 Å². The summed E-state index contributed by atoms with van der Waals surface area (Å²) in [5.74, 6) is 0.819. The van der Waals surface area contributed by atoms with Gasteiger partial charge >= 0.3 is 0 Å². The first-order valence-electron chi connectivity index (χ1n) is 4.09. The molecule has 1 unspecified atom stereocenters. The maximum atomic E-state index is 5.47. The van der Waals surface area contributed by atoms with E-state index in [-0.39, 0.29) is 24.8 Å². The second-order valence-electron chi connectivity index (χ2n) is 3.91. The van der Waals surface area contributed by atoms with Crippen molar-refractivity contribution < 1.29 is 0 Å². The zero-order valence-electron chi connectivity index (χ0n) is 7.80. The third-order valence-corrected chi connectivity index (χ3v) is 2.24. The Kier molecular flexibility index (Phi) is 7.54. The average molecular weight is 215 g/mol. The quantitative estimate of drug-likeness (QED) is 0.733. The molecule has 0 aromatic heterocycles. The zero-order chi connectivity index (χ0) is 7.61. The Labute approximate surface area is 87.5 Å². The zero-order valence-corrected chi connectivity index (χ0v) is 9.43. The Hall–Kier alpha value is 0.500. The summed E-state index contributed by atoms with van der Waals surface area (Å²) in [6.07, 6.45) is 2.46. The third kappa shape index (κ3) is 4.51. The van der Waals surface area contributed by atoms with Crippen LogP contribution in [0, 0.1) is 5.92 Å². The molecule has 1 atom stereocenters. The summed E-state index contributed by atoms with van der Waals surface area (Å²) in [5.41, 5.74) is 5.83. The third-order valence-electron chi connectivity index (χ3n) is 2.24.